The maximum absolute atomic E-state index is 4.35. The Labute approximate surface area is 81.7 Å². The van der Waals surface area contributed by atoms with E-state index in [0.717, 1.165) is 13.0 Å². The van der Waals surface area contributed by atoms with Crippen LogP contribution in [0, 0.1) is 0 Å². The van der Waals surface area contributed by atoms with Crippen molar-refractivity contribution in [2.45, 2.75) is 45.2 Å². The molecule has 0 amide bonds. The zero-order valence-electron chi connectivity index (χ0n) is 8.92. The van der Waals surface area contributed by atoms with E-state index in [1.807, 2.05) is 6.21 Å². The van der Waals surface area contributed by atoms with E-state index in [2.05, 4.69) is 49.7 Å². The zero-order chi connectivity index (χ0) is 9.61. The fraction of sp³-hybridized carbons (Fsp3) is 0.889. The van der Waals surface area contributed by atoms with Crippen molar-refractivity contribution in [2.75, 3.05) is 6.54 Å². The largest absolute Gasteiger partial charge is 0.296 e. The second-order valence-corrected chi connectivity index (χ2v) is 13.6. The van der Waals surface area contributed by atoms with E-state index >= 15 is 0 Å². The molecule has 1 unspecified atom stereocenters. The molecule has 0 saturated heterocycles. The van der Waals surface area contributed by atoms with Crippen molar-refractivity contribution < 1.29 is 0 Å². The summed E-state index contributed by atoms with van der Waals surface area (Å²) in [7, 11) is -0.938. The average Bonchev–Trinajstić information content (AvgIpc) is 1.84. The van der Waals surface area contributed by atoms with E-state index in [0.29, 0.717) is 5.25 Å². The molecule has 0 aliphatic rings. The lowest BCUT2D eigenvalue weighted by Crippen LogP contribution is -2.20. The molecule has 0 saturated carbocycles. The highest BCUT2D eigenvalue weighted by atomic mass is 32.4. The first-order valence-electron chi connectivity index (χ1n) is 4.62. The van der Waals surface area contributed by atoms with Gasteiger partial charge in [-0.2, -0.15) is 11.2 Å². The van der Waals surface area contributed by atoms with Crippen LogP contribution in [0.3, 0.4) is 0 Å². The maximum atomic E-state index is 4.35. The maximum Gasteiger partial charge on any atom is 0.108 e. The first-order chi connectivity index (χ1) is 5.45. The summed E-state index contributed by atoms with van der Waals surface area (Å²) in [6, 6.07) is 0. The minimum Gasteiger partial charge on any atom is -0.296 e. The summed E-state index contributed by atoms with van der Waals surface area (Å²) in [5.74, 6) is 0. The van der Waals surface area contributed by atoms with Crippen LogP contribution in [0.1, 0.15) is 20.3 Å². The van der Waals surface area contributed by atoms with Crippen molar-refractivity contribution in [2.24, 2.45) is 4.99 Å². The minimum atomic E-state index is -0.938. The van der Waals surface area contributed by atoms with Crippen LogP contribution < -0.4 is 0 Å². The van der Waals surface area contributed by atoms with Crippen LogP contribution in [0.5, 0.6) is 0 Å². The lowest BCUT2D eigenvalue weighted by molar-refractivity contribution is 0.956. The molecule has 0 aromatic heterocycles. The van der Waals surface area contributed by atoms with Gasteiger partial charge in [-0.3, -0.25) is 4.99 Å². The van der Waals surface area contributed by atoms with Gasteiger partial charge < -0.3 is 0 Å². The van der Waals surface area contributed by atoms with Crippen LogP contribution in [-0.4, -0.2) is 25.2 Å². The Bertz CT molecular complexity index is 140. The minimum absolute atomic E-state index is 0.694. The van der Waals surface area contributed by atoms with Crippen molar-refractivity contribution in [3.8, 4) is 0 Å². The molecule has 0 bridgehead atoms. The third-order valence-electron chi connectivity index (χ3n) is 1.23. The molecule has 0 rings (SSSR count). The molecule has 3 heteroatoms. The number of hydrogen-bond donors (Lipinski definition) is 0. The third kappa shape index (κ3) is 8.33. The van der Waals surface area contributed by atoms with E-state index < -0.39 is 7.22 Å². The fourth-order valence-corrected chi connectivity index (χ4v) is 6.21. The van der Waals surface area contributed by atoms with Crippen LogP contribution in [0.25, 0.3) is 0 Å². The second-order valence-electron chi connectivity index (χ2n) is 4.00. The van der Waals surface area contributed by atoms with E-state index in [4.69, 9.17) is 0 Å². The Balaban J connectivity index is 3.60. The zero-order valence-corrected chi connectivity index (χ0v) is 10.7. The molecule has 0 fully saturated rings. The lowest BCUT2D eigenvalue weighted by atomic mass is 10.5. The van der Waals surface area contributed by atoms with Crippen molar-refractivity contribution >= 4 is 24.6 Å². The van der Waals surface area contributed by atoms with Gasteiger partial charge >= 0.3 is 0 Å². The normalized spacial score (nSPS) is 15.4. The highest BCUT2D eigenvalue weighted by Crippen LogP contribution is 2.24. The van der Waals surface area contributed by atoms with Crippen molar-refractivity contribution in [3.63, 3.8) is 0 Å². The number of aliphatic imine (C=N–C) groups is 1. The Morgan fingerprint density at radius 1 is 1.42 bits per heavy atom. The molecule has 72 valence electrons. The van der Waals surface area contributed by atoms with E-state index in [-0.39, 0.29) is 0 Å². The molecule has 0 spiro atoms. The van der Waals surface area contributed by atoms with Gasteiger partial charge in [-0.05, 0) is 12.6 Å². The molecular weight excluding hydrogens is 182 g/mol. The summed E-state index contributed by atoms with van der Waals surface area (Å²) in [6.07, 6.45) is 3.08. The highest BCUT2D eigenvalue weighted by Gasteiger charge is 2.17. The summed E-state index contributed by atoms with van der Waals surface area (Å²) in [5.41, 5.74) is 0. The first kappa shape index (κ1) is 12.2. The van der Waals surface area contributed by atoms with Crippen LogP contribution in [0.4, 0.5) is 0 Å². The summed E-state index contributed by atoms with van der Waals surface area (Å²) in [5, 5.41) is 0.694. The Kier molecular flexibility index (Phi) is 5.92. The van der Waals surface area contributed by atoms with Gasteiger partial charge in [0.15, 0.2) is 0 Å². The molecule has 0 aliphatic heterocycles. The quantitative estimate of drug-likeness (QED) is 0.493. The molecule has 0 aliphatic carbocycles. The van der Waals surface area contributed by atoms with E-state index in [1.54, 1.807) is 0 Å². The standard InChI is InChI=1S/C9H21NSSi/c1-6-7-10-8-9(2)11-12(3,4)5/h7,9H,6,8H2,1-5H3. The molecule has 0 aromatic rings. The van der Waals surface area contributed by atoms with Crippen molar-refractivity contribution in [1.82, 2.24) is 0 Å². The predicted molar refractivity (Wildman–Crippen MR) is 64.0 cm³/mol. The van der Waals surface area contributed by atoms with Gasteiger partial charge in [-0.15, -0.1) is 0 Å². The van der Waals surface area contributed by atoms with Crippen LogP contribution >= 0.6 is 11.2 Å². The topological polar surface area (TPSA) is 12.4 Å². The van der Waals surface area contributed by atoms with Crippen LogP contribution in [-0.2, 0) is 0 Å². The highest BCUT2D eigenvalue weighted by molar-refractivity contribution is 8.29. The monoisotopic (exact) mass is 203 g/mol. The van der Waals surface area contributed by atoms with Gasteiger partial charge in [0.1, 0.15) is 7.22 Å². The Morgan fingerprint density at radius 2 is 2.00 bits per heavy atom. The van der Waals surface area contributed by atoms with E-state index in [1.165, 1.54) is 0 Å². The average molecular weight is 203 g/mol. The number of nitrogens with zero attached hydrogens (tertiary/aromatic N) is 1. The second kappa shape index (κ2) is 5.81. The van der Waals surface area contributed by atoms with Crippen molar-refractivity contribution in [3.05, 3.63) is 0 Å². The number of hydrogen-bond acceptors (Lipinski definition) is 2. The Morgan fingerprint density at radius 3 is 2.42 bits per heavy atom. The summed E-state index contributed by atoms with van der Waals surface area (Å²) >= 11 is 2.13. The molecule has 1 nitrogen and oxygen atoms in total. The molecule has 0 radical (unpaired) electrons. The summed E-state index contributed by atoms with van der Waals surface area (Å²) in [4.78, 5) is 4.35. The molecule has 0 N–H and O–H groups in total. The summed E-state index contributed by atoms with van der Waals surface area (Å²) in [6.45, 7) is 12.5. The smallest absolute Gasteiger partial charge is 0.108 e. The van der Waals surface area contributed by atoms with Gasteiger partial charge in [0, 0.05) is 11.8 Å². The fourth-order valence-electron chi connectivity index (χ4n) is 0.993. The third-order valence-corrected chi connectivity index (χ3v) is 5.82. The molecule has 0 heterocycles. The molecule has 1 atom stereocenters. The van der Waals surface area contributed by atoms with Crippen LogP contribution in [0.15, 0.2) is 4.99 Å². The van der Waals surface area contributed by atoms with Gasteiger partial charge in [0.05, 0.1) is 0 Å². The van der Waals surface area contributed by atoms with E-state index in [9.17, 15) is 0 Å². The number of rotatable bonds is 5. The Hall–Kier alpha value is 0.237. The molecule has 12 heavy (non-hydrogen) atoms. The van der Waals surface area contributed by atoms with Gasteiger partial charge in [-0.1, -0.05) is 33.5 Å². The van der Waals surface area contributed by atoms with Gasteiger partial charge in [0.2, 0.25) is 0 Å². The van der Waals surface area contributed by atoms with Crippen LogP contribution in [0.2, 0.25) is 19.6 Å². The SMILES string of the molecule is CCC=NCC(C)S[Si](C)(C)C. The summed E-state index contributed by atoms with van der Waals surface area (Å²) < 4.78 is 0. The predicted octanol–water partition coefficient (Wildman–Crippen LogP) is 3.42. The van der Waals surface area contributed by atoms with Gasteiger partial charge in [0.25, 0.3) is 0 Å². The molecule has 0 aromatic carbocycles. The van der Waals surface area contributed by atoms with Crippen molar-refractivity contribution in [1.29, 1.82) is 0 Å². The lowest BCUT2D eigenvalue weighted by Gasteiger charge is -2.19. The molecular formula is C9H21NSSi. The first-order valence-corrected chi connectivity index (χ1v) is 9.72. The van der Waals surface area contributed by atoms with Gasteiger partial charge in [-0.25, -0.2) is 0 Å².